The number of aromatic nitrogens is 6. The van der Waals surface area contributed by atoms with Gasteiger partial charge in [0.1, 0.15) is 40.7 Å². The first-order chi connectivity index (χ1) is 47.2. The molecule has 3 aromatic heterocycles. The molecule has 97 heavy (non-hydrogen) atoms. The van der Waals surface area contributed by atoms with Crippen LogP contribution in [0, 0.1) is 5.92 Å². The van der Waals surface area contributed by atoms with Gasteiger partial charge in [0.2, 0.25) is 11.9 Å². The third-order valence-corrected chi connectivity index (χ3v) is 19.1. The fourth-order valence-corrected chi connectivity index (χ4v) is 13.9. The van der Waals surface area contributed by atoms with E-state index in [1.807, 2.05) is 21.9 Å². The molecule has 0 radical (unpaired) electrons. The lowest BCUT2D eigenvalue weighted by Crippen LogP contribution is -2.37. The normalized spacial score (nSPS) is 18.4. The highest BCUT2D eigenvalue weighted by Crippen LogP contribution is 2.34. The number of aliphatic carboxylic acids is 1. The van der Waals surface area contributed by atoms with Gasteiger partial charge in [-0.2, -0.15) is 29.9 Å². The minimum Gasteiger partial charge on any atom is -0.481 e. The van der Waals surface area contributed by atoms with E-state index in [1.165, 1.54) is 79.7 Å². The zero-order valence-electron chi connectivity index (χ0n) is 56.8. The molecule has 0 bridgehead atoms. The number of carbonyl (C=O) groups is 4. The second kappa shape index (κ2) is 34.1. The van der Waals surface area contributed by atoms with Crippen molar-refractivity contribution in [2.45, 2.75) is 162 Å². The van der Waals surface area contributed by atoms with E-state index in [0.717, 1.165) is 113 Å². The molecule has 9 N–H and O–H groups in total. The number of rotatable bonds is 24. The predicted octanol–water partition coefficient (Wildman–Crippen LogP) is 8.43. The molecule has 4 fully saturated rings. The zero-order valence-corrected chi connectivity index (χ0v) is 56.8. The number of hydrogen-bond acceptors (Lipinski definition) is 23. The van der Waals surface area contributed by atoms with Crippen molar-refractivity contribution in [1.29, 1.82) is 0 Å². The number of fused-ring (bicyclic) bond motifs is 3. The molecular weight excluding hydrogens is 1230 g/mol. The number of nitrogens with two attached hydrogens (primary N) is 3. The molecule has 1 unspecified atom stereocenters. The Morgan fingerprint density at radius 2 is 0.990 bits per heavy atom. The SMILES string of the molecule is CCCCNc1nc(N)c2c(n1)N(Cc1cccc(CN3CCCC3)c1)CCC(=O)C2.CCCCOc1nc(N)c2c(n1)N(Cc1cccc(CN3CCC(C(=O)O)CC3)c1)CC(=O)C2.Nc1nc(NCC2CCCO2)nc2c1CC(=O)CN2Cc1cccc(CN2CCCC2)c1. The summed E-state index contributed by atoms with van der Waals surface area (Å²) in [7, 11) is 0. The van der Waals surface area contributed by atoms with Gasteiger partial charge in [0.15, 0.2) is 11.6 Å². The molecule has 0 spiro atoms. The first kappa shape index (κ1) is 69.8. The zero-order chi connectivity index (χ0) is 67.6. The fourth-order valence-electron chi connectivity index (χ4n) is 13.9. The van der Waals surface area contributed by atoms with Gasteiger partial charge in [0.05, 0.1) is 31.7 Å². The summed E-state index contributed by atoms with van der Waals surface area (Å²) in [5.74, 6) is 3.84. The van der Waals surface area contributed by atoms with Crippen LogP contribution in [0.5, 0.6) is 6.01 Å². The molecule has 4 saturated heterocycles. The van der Waals surface area contributed by atoms with Crippen LogP contribution >= 0.6 is 0 Å². The van der Waals surface area contributed by atoms with Crippen molar-refractivity contribution in [1.82, 2.24) is 44.6 Å². The van der Waals surface area contributed by atoms with Crippen LogP contribution in [-0.2, 0) is 82.4 Å². The number of carboxylic acids is 1. The average Bonchev–Trinajstić information content (AvgIpc) is 1.54. The smallest absolute Gasteiger partial charge is 0.320 e. The van der Waals surface area contributed by atoms with Gasteiger partial charge < -0.3 is 57.1 Å². The molecule has 0 amide bonds. The van der Waals surface area contributed by atoms with Gasteiger partial charge in [-0.1, -0.05) is 99.5 Å². The fraction of sp³-hybridized carbons (Fsp3) is 0.534. The van der Waals surface area contributed by atoms with E-state index in [0.29, 0.717) is 119 Å². The standard InChI is InChI=1S/C25H33N5O4.C24H32N6O2.C24H34N6O/c1-2-3-11-34-25-27-22(26)21-13-20(31)16-30(23(21)28-25)15-18-6-4-5-17(12-18)14-29-9-7-19(8-10-29)24(32)33;25-22-21-12-19(31)16-30(23(21)28-24(27-22)26-13-20-7-4-10-32-20)15-18-6-3-5-17(11-18)14-29-8-1-2-9-29;1-2-3-10-26-24-27-22(25)21-15-20(31)9-13-30(23(21)28-24)17-19-8-6-7-18(14-19)16-29-11-4-5-12-29/h4-6,12,19H,2-3,7-11,13-16H2,1H3,(H,32,33)(H2,26,27,28);3,5-6,11,20H,1-2,4,7-10,12-16H2,(H3,25,26,27,28);6-8,14H,2-5,9-13,15-17H2,1H3,(H3,25,26,27,28). The number of nitrogen functional groups attached to an aromatic ring is 3. The van der Waals surface area contributed by atoms with Gasteiger partial charge in [-0.3, -0.25) is 33.9 Å². The van der Waals surface area contributed by atoms with Gasteiger partial charge in [0.25, 0.3) is 0 Å². The van der Waals surface area contributed by atoms with Crippen molar-refractivity contribution < 1.29 is 33.8 Å². The molecule has 518 valence electrons. The lowest BCUT2D eigenvalue weighted by molar-refractivity contribution is -0.143. The van der Waals surface area contributed by atoms with Crippen molar-refractivity contribution in [3.8, 4) is 6.01 Å². The monoisotopic (exact) mass is 1330 g/mol. The molecule has 1 atom stereocenters. The number of nitrogens with one attached hydrogen (secondary N) is 2. The Labute approximate surface area is 570 Å². The van der Waals surface area contributed by atoms with Crippen LogP contribution in [0.3, 0.4) is 0 Å². The number of carbonyl (C=O) groups excluding carboxylic acids is 3. The largest absolute Gasteiger partial charge is 0.481 e. The molecule has 7 aliphatic heterocycles. The Kier molecular flexibility index (Phi) is 24.5. The maximum Gasteiger partial charge on any atom is 0.320 e. The molecule has 10 heterocycles. The quantitative estimate of drug-likeness (QED) is 0.0310. The van der Waals surface area contributed by atoms with Crippen LogP contribution in [0.4, 0.5) is 46.8 Å². The highest BCUT2D eigenvalue weighted by Gasteiger charge is 2.32. The maximum atomic E-state index is 12.5. The summed E-state index contributed by atoms with van der Waals surface area (Å²) in [5, 5.41) is 15.8. The van der Waals surface area contributed by atoms with Crippen molar-refractivity contribution in [2.24, 2.45) is 5.92 Å². The maximum absolute atomic E-state index is 12.5. The van der Waals surface area contributed by atoms with Gasteiger partial charge in [0, 0.05) is 108 Å². The highest BCUT2D eigenvalue weighted by atomic mass is 16.5. The highest BCUT2D eigenvalue weighted by molar-refractivity contribution is 5.92. The minimum absolute atomic E-state index is 0.0832. The van der Waals surface area contributed by atoms with Crippen molar-refractivity contribution in [2.75, 3.05) is 128 Å². The van der Waals surface area contributed by atoms with Crippen LogP contribution in [0.1, 0.15) is 147 Å². The Morgan fingerprint density at radius 1 is 0.536 bits per heavy atom. The second-order valence-corrected chi connectivity index (χ2v) is 27.0. The number of hydrogen-bond donors (Lipinski definition) is 6. The Morgan fingerprint density at radius 3 is 1.48 bits per heavy atom. The summed E-state index contributed by atoms with van der Waals surface area (Å²) < 4.78 is 11.4. The minimum atomic E-state index is -0.693. The summed E-state index contributed by atoms with van der Waals surface area (Å²) in [4.78, 5) is 89.2. The van der Waals surface area contributed by atoms with Crippen molar-refractivity contribution in [3.63, 3.8) is 0 Å². The van der Waals surface area contributed by atoms with E-state index in [1.54, 1.807) is 0 Å². The summed E-state index contributed by atoms with van der Waals surface area (Å²) in [6.45, 7) is 19.2. The number of ether oxygens (including phenoxy) is 2. The van der Waals surface area contributed by atoms with Crippen LogP contribution in [-0.4, -0.2) is 164 Å². The van der Waals surface area contributed by atoms with Crippen molar-refractivity contribution in [3.05, 3.63) is 123 Å². The van der Waals surface area contributed by atoms with Gasteiger partial charge in [-0.05, 0) is 137 Å². The molecule has 24 heteroatoms. The molecule has 3 aromatic carbocycles. The lowest BCUT2D eigenvalue weighted by atomic mass is 9.96. The first-order valence-corrected chi connectivity index (χ1v) is 35.3. The summed E-state index contributed by atoms with van der Waals surface area (Å²) in [6, 6.07) is 26.0. The molecule has 0 saturated carbocycles. The van der Waals surface area contributed by atoms with E-state index in [-0.39, 0.29) is 48.3 Å². The summed E-state index contributed by atoms with van der Waals surface area (Å²) in [6.07, 6.45) is 14.3. The number of ketones is 3. The van der Waals surface area contributed by atoms with Crippen LogP contribution in [0.25, 0.3) is 0 Å². The van der Waals surface area contributed by atoms with Gasteiger partial charge >= 0.3 is 12.0 Å². The number of Topliss-reactive ketones (excluding diaryl/α,β-unsaturated/α-hetero) is 3. The van der Waals surface area contributed by atoms with Crippen LogP contribution in [0.15, 0.2) is 72.8 Å². The predicted molar refractivity (Wildman–Crippen MR) is 378 cm³/mol. The number of likely N-dealkylation sites (tertiary alicyclic amines) is 3. The number of nitrogens with zero attached hydrogens (tertiary/aromatic N) is 12. The molecule has 6 aromatic rings. The van der Waals surface area contributed by atoms with Crippen LogP contribution in [0.2, 0.25) is 0 Å². The Hall–Kier alpha value is -8.58. The lowest BCUT2D eigenvalue weighted by Gasteiger charge is -2.31. The number of unbranched alkanes of at least 4 members (excludes halogenated alkanes) is 2. The van der Waals surface area contributed by atoms with E-state index in [9.17, 15) is 24.3 Å². The summed E-state index contributed by atoms with van der Waals surface area (Å²) in [5.41, 5.74) is 28.2. The third kappa shape index (κ3) is 19.6. The summed E-state index contributed by atoms with van der Waals surface area (Å²) >= 11 is 0. The second-order valence-electron chi connectivity index (χ2n) is 27.0. The first-order valence-electron chi connectivity index (χ1n) is 35.3. The Bertz CT molecular complexity index is 3660. The average molecular weight is 1330 g/mol. The molecule has 24 nitrogen and oxygen atoms in total. The topological polar surface area (TPSA) is 306 Å². The van der Waals surface area contributed by atoms with Gasteiger partial charge in [-0.15, -0.1) is 0 Å². The van der Waals surface area contributed by atoms with Crippen molar-refractivity contribution >= 4 is 70.1 Å². The van der Waals surface area contributed by atoms with Gasteiger partial charge in [-0.25, -0.2) is 0 Å². The van der Waals surface area contributed by atoms with Crippen LogP contribution < -0.4 is 47.3 Å². The molecule has 13 rings (SSSR count). The Balaban J connectivity index is 0.000000148. The molecule has 7 aliphatic rings. The molecule has 0 aliphatic carbocycles. The van der Waals surface area contributed by atoms with E-state index < -0.39 is 5.97 Å². The number of anilines is 8. The molecular formula is C73H99N17O7. The van der Waals surface area contributed by atoms with E-state index in [2.05, 4.69) is 125 Å². The number of carboxylic acid groups (broad SMARTS) is 1. The number of benzene rings is 3. The number of piperidine rings is 1. The van der Waals surface area contributed by atoms with E-state index >= 15 is 0 Å². The van der Waals surface area contributed by atoms with E-state index in [4.69, 9.17) is 36.6 Å². The third-order valence-electron chi connectivity index (χ3n) is 19.1.